The zero-order chi connectivity index (χ0) is 21.5. The molecule has 2 aliphatic heterocycles. The third kappa shape index (κ3) is 3.96. The van der Waals surface area contributed by atoms with Crippen molar-refractivity contribution in [3.8, 4) is 0 Å². The summed E-state index contributed by atoms with van der Waals surface area (Å²) >= 11 is 0. The number of benzene rings is 1. The number of cyclic esters (lactones) is 1. The molecule has 7 nitrogen and oxygen atoms in total. The summed E-state index contributed by atoms with van der Waals surface area (Å²) in [5.74, 6) is 1.77. The quantitative estimate of drug-likeness (QED) is 0.757. The van der Waals surface area contributed by atoms with Gasteiger partial charge in [0.25, 0.3) is 5.91 Å². The van der Waals surface area contributed by atoms with E-state index in [4.69, 9.17) is 9.72 Å². The van der Waals surface area contributed by atoms with Gasteiger partial charge in [-0.1, -0.05) is 6.07 Å². The molecule has 1 aromatic carbocycles. The number of carbonyl (C=O) groups is 2. The van der Waals surface area contributed by atoms with Gasteiger partial charge in [0.05, 0.1) is 6.54 Å². The van der Waals surface area contributed by atoms with Crippen molar-refractivity contribution in [1.82, 2.24) is 9.88 Å². The second-order valence-corrected chi connectivity index (χ2v) is 8.81. The van der Waals surface area contributed by atoms with E-state index in [9.17, 15) is 9.59 Å². The Morgan fingerprint density at radius 2 is 1.81 bits per heavy atom. The monoisotopic (exact) mass is 420 g/mol. The molecule has 0 N–H and O–H groups in total. The van der Waals surface area contributed by atoms with Crippen LogP contribution in [-0.2, 0) is 4.74 Å². The highest BCUT2D eigenvalue weighted by Gasteiger charge is 2.30. The van der Waals surface area contributed by atoms with Crippen LogP contribution < -0.4 is 9.80 Å². The number of rotatable bonds is 4. The van der Waals surface area contributed by atoms with Crippen LogP contribution in [0.25, 0.3) is 0 Å². The lowest BCUT2D eigenvalue weighted by Crippen LogP contribution is -2.49. The molecule has 7 heteroatoms. The van der Waals surface area contributed by atoms with Gasteiger partial charge in [0, 0.05) is 43.6 Å². The average Bonchev–Trinajstić information content (AvgIpc) is 3.57. The number of nitrogens with zero attached hydrogens (tertiary/aromatic N) is 4. The van der Waals surface area contributed by atoms with Crippen molar-refractivity contribution < 1.29 is 14.3 Å². The van der Waals surface area contributed by atoms with Crippen molar-refractivity contribution in [2.24, 2.45) is 0 Å². The van der Waals surface area contributed by atoms with Crippen LogP contribution >= 0.6 is 0 Å². The fourth-order valence-corrected chi connectivity index (χ4v) is 4.46. The van der Waals surface area contributed by atoms with Crippen molar-refractivity contribution in [2.75, 3.05) is 42.5 Å². The predicted molar refractivity (Wildman–Crippen MR) is 119 cm³/mol. The Bertz CT molecular complexity index is 994. The van der Waals surface area contributed by atoms with Crippen LogP contribution in [0.3, 0.4) is 0 Å². The van der Waals surface area contributed by atoms with Gasteiger partial charge in [-0.3, -0.25) is 9.69 Å². The first-order valence-corrected chi connectivity index (χ1v) is 11.1. The third-order valence-electron chi connectivity index (χ3n) is 6.37. The molecule has 1 unspecified atom stereocenters. The van der Waals surface area contributed by atoms with Gasteiger partial charge < -0.3 is 14.5 Å². The number of hydrogen-bond donors (Lipinski definition) is 0. The number of hydrogen-bond acceptors (Lipinski definition) is 5. The zero-order valence-corrected chi connectivity index (χ0v) is 18.1. The topological polar surface area (TPSA) is 66.0 Å². The number of carbonyl (C=O) groups excluding carboxylic acids is 2. The van der Waals surface area contributed by atoms with Crippen molar-refractivity contribution in [3.63, 3.8) is 0 Å². The maximum atomic E-state index is 13.0. The Hall–Kier alpha value is -3.09. The van der Waals surface area contributed by atoms with Crippen LogP contribution in [0.5, 0.6) is 0 Å². The second-order valence-electron chi connectivity index (χ2n) is 8.81. The molecule has 0 spiro atoms. The molecule has 3 aliphatic rings. The van der Waals surface area contributed by atoms with E-state index in [0.29, 0.717) is 31.1 Å². The van der Waals surface area contributed by atoms with Crippen LogP contribution in [0.15, 0.2) is 36.5 Å². The van der Waals surface area contributed by atoms with Crippen LogP contribution in [0.4, 0.5) is 16.3 Å². The van der Waals surface area contributed by atoms with Gasteiger partial charge in [-0.2, -0.15) is 0 Å². The maximum absolute atomic E-state index is 13.0. The summed E-state index contributed by atoms with van der Waals surface area (Å²) in [6, 6.07) is 9.50. The van der Waals surface area contributed by atoms with Gasteiger partial charge in [0.1, 0.15) is 11.9 Å². The summed E-state index contributed by atoms with van der Waals surface area (Å²) in [5, 5.41) is 0. The molecular formula is C24H28N4O3. The molecule has 1 aliphatic carbocycles. The van der Waals surface area contributed by atoms with Crippen molar-refractivity contribution in [3.05, 3.63) is 53.2 Å². The number of aryl methyl sites for hydroxylation is 1. The summed E-state index contributed by atoms with van der Waals surface area (Å²) in [7, 11) is 0. The van der Waals surface area contributed by atoms with Crippen molar-refractivity contribution in [2.45, 2.75) is 38.7 Å². The van der Waals surface area contributed by atoms with Crippen LogP contribution in [0.1, 0.15) is 47.2 Å². The Labute approximate surface area is 182 Å². The van der Waals surface area contributed by atoms with Crippen LogP contribution in [-0.4, -0.2) is 60.7 Å². The van der Waals surface area contributed by atoms with E-state index in [0.717, 1.165) is 24.6 Å². The van der Waals surface area contributed by atoms with E-state index >= 15 is 0 Å². The summed E-state index contributed by atoms with van der Waals surface area (Å²) in [4.78, 5) is 35.4. The van der Waals surface area contributed by atoms with Crippen LogP contribution in [0, 0.1) is 6.92 Å². The molecule has 5 rings (SSSR count). The predicted octanol–water partition coefficient (Wildman–Crippen LogP) is 3.57. The Morgan fingerprint density at radius 1 is 1.10 bits per heavy atom. The molecule has 0 radical (unpaired) electrons. The molecule has 1 saturated carbocycles. The lowest BCUT2D eigenvalue weighted by molar-refractivity contribution is 0.0746. The lowest BCUT2D eigenvalue weighted by Gasteiger charge is -2.36. The third-order valence-corrected chi connectivity index (χ3v) is 6.37. The number of pyridine rings is 1. The molecule has 0 bridgehead atoms. The molecule has 3 fully saturated rings. The lowest BCUT2D eigenvalue weighted by atomic mass is 10.1. The summed E-state index contributed by atoms with van der Waals surface area (Å²) in [6.07, 6.45) is 4.13. The van der Waals surface area contributed by atoms with Crippen molar-refractivity contribution in [1.29, 1.82) is 0 Å². The van der Waals surface area contributed by atoms with Crippen LogP contribution in [0.2, 0.25) is 0 Å². The Balaban J connectivity index is 1.20. The number of amides is 2. The zero-order valence-electron chi connectivity index (χ0n) is 18.1. The Morgan fingerprint density at radius 3 is 2.39 bits per heavy atom. The minimum atomic E-state index is -0.336. The highest BCUT2D eigenvalue weighted by atomic mass is 16.6. The van der Waals surface area contributed by atoms with E-state index in [1.807, 2.05) is 30.2 Å². The van der Waals surface area contributed by atoms with E-state index in [-0.39, 0.29) is 18.1 Å². The molecule has 2 aromatic rings. The molecule has 162 valence electrons. The van der Waals surface area contributed by atoms with E-state index in [1.54, 1.807) is 17.0 Å². The smallest absolute Gasteiger partial charge is 0.414 e. The summed E-state index contributed by atoms with van der Waals surface area (Å²) < 4.78 is 5.18. The first kappa shape index (κ1) is 19.8. The van der Waals surface area contributed by atoms with E-state index in [2.05, 4.69) is 17.9 Å². The van der Waals surface area contributed by atoms with E-state index in [1.165, 1.54) is 24.0 Å². The molecule has 2 saturated heterocycles. The molecule has 2 amide bonds. The van der Waals surface area contributed by atoms with E-state index < -0.39 is 0 Å². The highest BCUT2D eigenvalue weighted by molar-refractivity contribution is 5.96. The molecule has 1 atom stereocenters. The minimum Gasteiger partial charge on any atom is -0.444 e. The number of aromatic nitrogens is 1. The van der Waals surface area contributed by atoms with Gasteiger partial charge in [-0.25, -0.2) is 9.78 Å². The van der Waals surface area contributed by atoms with Crippen molar-refractivity contribution >= 4 is 23.5 Å². The standard InChI is InChI=1S/C24H28N4O3/c1-16-13-20(18-3-4-18)14-25-22(16)26-9-11-27(12-10-26)23(29)19-5-7-21(8-6-19)28-15-17(2)31-24(28)30/h5-8,13-14,17-18H,3-4,9-12,15H2,1-2H3. The van der Waals surface area contributed by atoms with Gasteiger partial charge in [-0.15, -0.1) is 0 Å². The first-order valence-electron chi connectivity index (χ1n) is 11.1. The maximum Gasteiger partial charge on any atom is 0.414 e. The van der Waals surface area contributed by atoms with Gasteiger partial charge in [0.2, 0.25) is 0 Å². The SMILES string of the molecule is Cc1cc(C2CC2)cnc1N1CCN(C(=O)c2ccc(N3CC(C)OC3=O)cc2)CC1. The Kier molecular flexibility index (Phi) is 5.04. The second kappa shape index (κ2) is 7.87. The largest absolute Gasteiger partial charge is 0.444 e. The number of piperazine rings is 1. The highest BCUT2D eigenvalue weighted by Crippen LogP contribution is 2.40. The fraction of sp³-hybridized carbons (Fsp3) is 0.458. The number of anilines is 2. The summed E-state index contributed by atoms with van der Waals surface area (Å²) in [6.45, 7) is 7.42. The molecular weight excluding hydrogens is 392 g/mol. The summed E-state index contributed by atoms with van der Waals surface area (Å²) in [5.41, 5.74) is 3.97. The fourth-order valence-electron chi connectivity index (χ4n) is 4.46. The average molecular weight is 421 g/mol. The van der Waals surface area contributed by atoms with Gasteiger partial charge >= 0.3 is 6.09 Å². The molecule has 31 heavy (non-hydrogen) atoms. The number of ether oxygens (including phenoxy) is 1. The normalized spacial score (nSPS) is 21.4. The first-order chi connectivity index (χ1) is 15.0. The van der Waals surface area contributed by atoms with Gasteiger partial charge in [-0.05, 0) is 68.0 Å². The molecule has 3 heterocycles. The minimum absolute atomic E-state index is 0.0253. The molecule has 1 aromatic heterocycles. The van der Waals surface area contributed by atoms with Gasteiger partial charge in [0.15, 0.2) is 0 Å².